The number of nitriles is 1. The fourth-order valence-electron chi connectivity index (χ4n) is 2.57. The highest BCUT2D eigenvalue weighted by Crippen LogP contribution is 2.33. The van der Waals surface area contributed by atoms with E-state index in [0.29, 0.717) is 29.8 Å². The lowest BCUT2D eigenvalue weighted by atomic mass is 10.0. The topological polar surface area (TPSA) is 114 Å². The van der Waals surface area contributed by atoms with Crippen LogP contribution in [0, 0.1) is 21.4 Å². The van der Waals surface area contributed by atoms with Crippen LogP contribution in [0.5, 0.6) is 0 Å². The zero-order chi connectivity index (χ0) is 15.5. The summed E-state index contributed by atoms with van der Waals surface area (Å²) in [5, 5.41) is 23.0. The minimum Gasteiger partial charge on any atom is -0.460 e. The summed E-state index contributed by atoms with van der Waals surface area (Å²) in [5.74, 6) is 0. The summed E-state index contributed by atoms with van der Waals surface area (Å²) in [6.07, 6.45) is 4.50. The molecule has 1 N–H and O–H groups in total. The van der Waals surface area contributed by atoms with E-state index in [0.717, 1.165) is 12.8 Å². The summed E-state index contributed by atoms with van der Waals surface area (Å²) in [5.41, 5.74) is 1.13. The van der Waals surface area contributed by atoms with Crippen LogP contribution in [-0.2, 0) is 4.74 Å². The highest BCUT2D eigenvalue weighted by Gasteiger charge is 2.26. The number of aromatic nitrogens is 1. The number of pyridine rings is 1. The molecule has 1 saturated heterocycles. The molecular formula is C14H14N4O4. The van der Waals surface area contributed by atoms with Gasteiger partial charge in [0.05, 0.1) is 36.4 Å². The van der Waals surface area contributed by atoms with Crippen molar-refractivity contribution in [3.8, 4) is 6.07 Å². The molecule has 8 heteroatoms. The lowest BCUT2D eigenvalue weighted by Crippen LogP contribution is -2.34. The number of furan rings is 1. The van der Waals surface area contributed by atoms with Crippen LogP contribution in [0.15, 0.2) is 22.9 Å². The zero-order valence-electron chi connectivity index (χ0n) is 11.7. The number of nitrogens with zero attached hydrogens (tertiary/aromatic N) is 3. The monoisotopic (exact) mass is 302 g/mol. The number of nitro groups is 1. The third-order valence-corrected chi connectivity index (χ3v) is 3.69. The molecule has 22 heavy (non-hydrogen) atoms. The Morgan fingerprint density at radius 3 is 3.09 bits per heavy atom. The number of hydrogen-bond donors (Lipinski definition) is 1. The van der Waals surface area contributed by atoms with Crippen LogP contribution >= 0.6 is 0 Å². The van der Waals surface area contributed by atoms with Gasteiger partial charge in [-0.15, -0.1) is 0 Å². The lowest BCUT2D eigenvalue weighted by molar-refractivity contribution is -0.384. The molecule has 1 aliphatic rings. The maximum atomic E-state index is 11.2. The van der Waals surface area contributed by atoms with Gasteiger partial charge >= 0.3 is 5.69 Å². The summed E-state index contributed by atoms with van der Waals surface area (Å²) in [6, 6.07) is 3.68. The molecule has 0 unspecified atom stereocenters. The second-order valence-corrected chi connectivity index (χ2v) is 5.15. The van der Waals surface area contributed by atoms with Crippen LogP contribution in [-0.4, -0.2) is 28.7 Å². The van der Waals surface area contributed by atoms with E-state index in [1.54, 1.807) is 6.07 Å². The van der Waals surface area contributed by atoms with Gasteiger partial charge < -0.3 is 14.5 Å². The summed E-state index contributed by atoms with van der Waals surface area (Å²) < 4.78 is 10.9. The molecule has 0 aromatic carbocycles. The van der Waals surface area contributed by atoms with E-state index in [2.05, 4.69) is 16.4 Å². The number of hydrogen-bond acceptors (Lipinski definition) is 7. The summed E-state index contributed by atoms with van der Waals surface area (Å²) >= 11 is 0. The van der Waals surface area contributed by atoms with Crippen LogP contribution in [0.3, 0.4) is 0 Å². The summed E-state index contributed by atoms with van der Waals surface area (Å²) in [7, 11) is 0. The van der Waals surface area contributed by atoms with E-state index in [-0.39, 0.29) is 17.8 Å². The second-order valence-electron chi connectivity index (χ2n) is 5.15. The Morgan fingerprint density at radius 1 is 1.55 bits per heavy atom. The Hall–Kier alpha value is -2.66. The third-order valence-electron chi connectivity index (χ3n) is 3.69. The Balaban J connectivity index is 1.82. The minimum absolute atomic E-state index is 0.0564. The van der Waals surface area contributed by atoms with Crippen molar-refractivity contribution in [3.63, 3.8) is 0 Å². The van der Waals surface area contributed by atoms with Gasteiger partial charge in [-0.2, -0.15) is 5.26 Å². The number of anilines is 1. The largest absolute Gasteiger partial charge is 0.460 e. The van der Waals surface area contributed by atoms with Crippen molar-refractivity contribution < 1.29 is 14.1 Å². The normalized spacial score (nSPS) is 21.4. The number of ether oxygens (including phenoxy) is 1. The van der Waals surface area contributed by atoms with E-state index in [1.807, 2.05) is 0 Å². The molecule has 0 spiro atoms. The average molecular weight is 302 g/mol. The fourth-order valence-corrected chi connectivity index (χ4v) is 2.57. The molecule has 2 aromatic rings. The highest BCUT2D eigenvalue weighted by atomic mass is 16.6. The van der Waals surface area contributed by atoms with E-state index in [1.165, 1.54) is 12.5 Å². The van der Waals surface area contributed by atoms with Crippen LogP contribution in [0.4, 0.5) is 11.4 Å². The first-order valence-electron chi connectivity index (χ1n) is 6.94. The van der Waals surface area contributed by atoms with Gasteiger partial charge in [-0.25, -0.2) is 4.98 Å². The van der Waals surface area contributed by atoms with E-state index in [4.69, 9.17) is 14.4 Å². The summed E-state index contributed by atoms with van der Waals surface area (Å²) in [4.78, 5) is 14.7. The third kappa shape index (κ3) is 2.71. The number of nitrogens with one attached hydrogen (secondary N) is 1. The minimum atomic E-state index is -0.487. The van der Waals surface area contributed by atoms with Gasteiger partial charge in [0.2, 0.25) is 0 Å². The van der Waals surface area contributed by atoms with Crippen molar-refractivity contribution in [3.05, 3.63) is 28.6 Å². The molecule has 114 valence electrons. The van der Waals surface area contributed by atoms with Gasteiger partial charge in [-0.3, -0.25) is 10.1 Å². The molecule has 3 rings (SSSR count). The molecule has 1 aliphatic heterocycles. The lowest BCUT2D eigenvalue weighted by Gasteiger charge is -2.28. The van der Waals surface area contributed by atoms with Crippen LogP contribution < -0.4 is 5.32 Å². The van der Waals surface area contributed by atoms with E-state index in [9.17, 15) is 10.1 Å². The van der Waals surface area contributed by atoms with Gasteiger partial charge in [0.15, 0.2) is 11.3 Å². The molecule has 2 atom stereocenters. The van der Waals surface area contributed by atoms with Crippen molar-refractivity contribution in [2.75, 3.05) is 11.9 Å². The van der Waals surface area contributed by atoms with E-state index >= 15 is 0 Å². The van der Waals surface area contributed by atoms with Crippen molar-refractivity contribution in [2.45, 2.75) is 31.4 Å². The standard InChI is InChI=1S/C14H14N4O4/c15-5-3-10-2-1-9(8-22-10)17-13-12(18(19)20)7-16-11-4-6-21-14(11)13/h4,6-7,9-10H,1-3,8H2,(H,16,17)/t9-,10+/m0/s1. The van der Waals surface area contributed by atoms with Gasteiger partial charge in [0, 0.05) is 12.1 Å². The predicted octanol–water partition coefficient (Wildman–Crippen LogP) is 2.61. The molecule has 0 amide bonds. The predicted molar refractivity (Wildman–Crippen MR) is 77.3 cm³/mol. The SMILES string of the molecule is N#CC[C@H]1CC[C@H](Nc2c([N+](=O)[O-])cnc3ccoc23)CO1. The average Bonchev–Trinajstić information content (AvgIpc) is 2.98. The first-order chi connectivity index (χ1) is 10.7. The quantitative estimate of drug-likeness (QED) is 0.681. The number of fused-ring (bicyclic) bond motifs is 1. The Bertz CT molecular complexity index is 728. The molecule has 3 heterocycles. The zero-order valence-corrected chi connectivity index (χ0v) is 11.7. The second kappa shape index (κ2) is 5.99. The molecule has 8 nitrogen and oxygen atoms in total. The van der Waals surface area contributed by atoms with Crippen LogP contribution in [0.1, 0.15) is 19.3 Å². The fraction of sp³-hybridized carbons (Fsp3) is 0.429. The first kappa shape index (κ1) is 14.3. The maximum Gasteiger partial charge on any atom is 0.314 e. The maximum absolute atomic E-state index is 11.2. The van der Waals surface area contributed by atoms with E-state index < -0.39 is 4.92 Å². The van der Waals surface area contributed by atoms with Crippen molar-refractivity contribution >= 4 is 22.5 Å². The van der Waals surface area contributed by atoms with Gasteiger partial charge in [0.1, 0.15) is 11.7 Å². The van der Waals surface area contributed by atoms with Crippen molar-refractivity contribution in [2.24, 2.45) is 0 Å². The molecule has 2 aromatic heterocycles. The highest BCUT2D eigenvalue weighted by molar-refractivity contribution is 5.91. The van der Waals surface area contributed by atoms with Crippen LogP contribution in [0.25, 0.3) is 11.1 Å². The molecule has 0 aliphatic carbocycles. The molecule has 1 fully saturated rings. The van der Waals surface area contributed by atoms with Gasteiger partial charge in [-0.1, -0.05) is 0 Å². The Morgan fingerprint density at radius 2 is 2.41 bits per heavy atom. The number of rotatable bonds is 4. The Labute approximate surface area is 125 Å². The molecule has 0 saturated carbocycles. The molecule has 0 radical (unpaired) electrons. The first-order valence-corrected chi connectivity index (χ1v) is 6.94. The van der Waals surface area contributed by atoms with Gasteiger partial charge in [-0.05, 0) is 12.8 Å². The van der Waals surface area contributed by atoms with Crippen molar-refractivity contribution in [1.29, 1.82) is 5.26 Å². The Kier molecular flexibility index (Phi) is 3.89. The summed E-state index contributed by atoms with van der Waals surface area (Å²) in [6.45, 7) is 0.397. The molecule has 0 bridgehead atoms. The molecular weight excluding hydrogens is 288 g/mol. The van der Waals surface area contributed by atoms with Gasteiger partial charge in [0.25, 0.3) is 0 Å². The van der Waals surface area contributed by atoms with Crippen LogP contribution in [0.2, 0.25) is 0 Å². The van der Waals surface area contributed by atoms with Crippen molar-refractivity contribution in [1.82, 2.24) is 4.98 Å². The smallest absolute Gasteiger partial charge is 0.314 e.